The van der Waals surface area contributed by atoms with Crippen LogP contribution in [0.4, 0.5) is 5.69 Å². The molecular weight excluding hydrogens is 386 g/mol. The maximum Gasteiger partial charge on any atom is 0.419 e. The fourth-order valence-corrected chi connectivity index (χ4v) is 2.72. The van der Waals surface area contributed by atoms with E-state index in [2.05, 4.69) is 5.32 Å². The first-order chi connectivity index (χ1) is 13.5. The van der Waals surface area contributed by atoms with Gasteiger partial charge in [0, 0.05) is 11.6 Å². The molecule has 0 saturated carbocycles. The highest BCUT2D eigenvalue weighted by atomic mass is 35.5. The van der Waals surface area contributed by atoms with Gasteiger partial charge in [-0.15, -0.1) is 0 Å². The topological polar surface area (TPSA) is 114 Å². The molecule has 8 nitrogen and oxygen atoms in total. The Morgan fingerprint density at radius 2 is 2.04 bits per heavy atom. The number of amides is 1. The Hall–Kier alpha value is -3.57. The number of nitrogens with one attached hydrogen (secondary N) is 1. The van der Waals surface area contributed by atoms with E-state index in [0.29, 0.717) is 16.1 Å². The zero-order valence-corrected chi connectivity index (χ0v) is 15.2. The number of fused-ring (bicyclic) bond motifs is 1. The number of aryl methyl sites for hydroxylation is 1. The zero-order chi connectivity index (χ0) is 20.1. The smallest absolute Gasteiger partial charge is 0.419 e. The molecule has 0 fully saturated rings. The van der Waals surface area contributed by atoms with Crippen LogP contribution >= 0.6 is 11.6 Å². The number of carbonyl (C=O) groups is 2. The Morgan fingerprint density at radius 1 is 1.25 bits per heavy atom. The lowest BCUT2D eigenvalue weighted by atomic mass is 10.2. The second-order valence-electron chi connectivity index (χ2n) is 5.75. The highest BCUT2D eigenvalue weighted by Crippen LogP contribution is 2.20. The number of ether oxygens (including phenoxy) is 1. The van der Waals surface area contributed by atoms with Crippen LogP contribution in [-0.2, 0) is 20.9 Å². The van der Waals surface area contributed by atoms with Gasteiger partial charge in [-0.25, -0.2) is 4.79 Å². The molecule has 0 saturated heterocycles. The van der Waals surface area contributed by atoms with E-state index in [1.165, 1.54) is 22.8 Å². The van der Waals surface area contributed by atoms with E-state index in [0.717, 1.165) is 0 Å². The van der Waals surface area contributed by atoms with Crippen LogP contribution in [0.2, 0.25) is 5.02 Å². The van der Waals surface area contributed by atoms with E-state index in [9.17, 15) is 14.4 Å². The number of hydrogen-bond donors (Lipinski definition) is 1. The largest absolute Gasteiger partial charge is 0.456 e. The Balaban J connectivity index is 1.54. The predicted molar refractivity (Wildman–Crippen MR) is 101 cm³/mol. The van der Waals surface area contributed by atoms with Crippen molar-refractivity contribution in [3.8, 4) is 6.07 Å². The molecule has 3 aromatic rings. The number of esters is 1. The lowest BCUT2D eigenvalue weighted by molar-refractivity contribution is -0.147. The van der Waals surface area contributed by atoms with Gasteiger partial charge in [0.25, 0.3) is 5.91 Å². The van der Waals surface area contributed by atoms with Crippen molar-refractivity contribution in [2.45, 2.75) is 13.0 Å². The first-order valence-electron chi connectivity index (χ1n) is 8.21. The number of rotatable bonds is 6. The summed E-state index contributed by atoms with van der Waals surface area (Å²) in [4.78, 5) is 35.7. The first kappa shape index (κ1) is 19.2. The fourth-order valence-electron chi connectivity index (χ4n) is 2.55. The molecule has 3 rings (SSSR count). The molecule has 2 aromatic carbocycles. The van der Waals surface area contributed by atoms with E-state index < -0.39 is 24.2 Å². The van der Waals surface area contributed by atoms with Gasteiger partial charge in [-0.05, 0) is 30.3 Å². The summed E-state index contributed by atoms with van der Waals surface area (Å²) < 4.78 is 11.3. The predicted octanol–water partition coefficient (Wildman–Crippen LogP) is 2.69. The summed E-state index contributed by atoms with van der Waals surface area (Å²) in [5, 5.41) is 11.9. The average molecular weight is 400 g/mol. The van der Waals surface area contributed by atoms with Crippen molar-refractivity contribution in [3.05, 3.63) is 63.6 Å². The number of anilines is 1. The molecule has 0 spiro atoms. The van der Waals surface area contributed by atoms with E-state index in [1.807, 2.05) is 6.07 Å². The van der Waals surface area contributed by atoms with Crippen molar-refractivity contribution >= 4 is 40.3 Å². The molecule has 0 bridgehead atoms. The summed E-state index contributed by atoms with van der Waals surface area (Å²) in [5.74, 6) is -1.84. The van der Waals surface area contributed by atoms with Gasteiger partial charge in [0.2, 0.25) is 0 Å². The normalized spacial score (nSPS) is 10.4. The van der Waals surface area contributed by atoms with Crippen molar-refractivity contribution in [2.24, 2.45) is 0 Å². The number of oxazole rings is 1. The second-order valence-corrected chi connectivity index (χ2v) is 6.18. The van der Waals surface area contributed by atoms with Crippen LogP contribution in [0.15, 0.2) is 51.7 Å². The van der Waals surface area contributed by atoms with E-state index in [1.54, 1.807) is 24.3 Å². The molecular formula is C19H14ClN3O5. The summed E-state index contributed by atoms with van der Waals surface area (Å²) >= 11 is 5.85. The standard InChI is InChI=1S/C19H14ClN3O5/c20-13-6-5-12(10-21)14(9-13)22-17(24)11-27-18(25)7-8-23-15-3-1-2-4-16(15)28-19(23)26/h1-6,9H,7-8,11H2,(H,22,24). The molecule has 0 atom stereocenters. The lowest BCUT2D eigenvalue weighted by Gasteiger charge is -2.08. The monoisotopic (exact) mass is 399 g/mol. The molecule has 1 N–H and O–H groups in total. The van der Waals surface area contributed by atoms with Crippen molar-refractivity contribution in [1.82, 2.24) is 4.57 Å². The second kappa shape index (κ2) is 8.41. The molecule has 142 valence electrons. The maximum absolute atomic E-state index is 11.9. The molecule has 28 heavy (non-hydrogen) atoms. The van der Waals surface area contributed by atoms with Crippen LogP contribution in [-0.4, -0.2) is 23.1 Å². The fraction of sp³-hybridized carbons (Fsp3) is 0.158. The Bertz CT molecular complexity index is 1140. The summed E-state index contributed by atoms with van der Waals surface area (Å²) in [6.45, 7) is -0.472. The molecule has 9 heteroatoms. The van der Waals surface area contributed by atoms with Gasteiger partial charge in [-0.1, -0.05) is 23.7 Å². The number of carbonyl (C=O) groups excluding carboxylic acids is 2. The third kappa shape index (κ3) is 4.39. The Morgan fingerprint density at radius 3 is 2.82 bits per heavy atom. The highest BCUT2D eigenvalue weighted by Gasteiger charge is 2.13. The van der Waals surface area contributed by atoms with Gasteiger partial charge >= 0.3 is 11.7 Å². The third-order valence-corrected chi connectivity index (χ3v) is 4.09. The van der Waals surface area contributed by atoms with Crippen LogP contribution in [0.5, 0.6) is 0 Å². The number of para-hydroxylation sites is 2. The van der Waals surface area contributed by atoms with Gasteiger partial charge < -0.3 is 14.5 Å². The van der Waals surface area contributed by atoms with Crippen LogP contribution < -0.4 is 11.1 Å². The summed E-state index contributed by atoms with van der Waals surface area (Å²) in [7, 11) is 0. The van der Waals surface area contributed by atoms with Gasteiger partial charge in [0.15, 0.2) is 12.2 Å². The maximum atomic E-state index is 11.9. The van der Waals surface area contributed by atoms with Gasteiger partial charge in [-0.2, -0.15) is 5.26 Å². The Labute approximate surface area is 163 Å². The minimum absolute atomic E-state index is 0.0587. The number of nitriles is 1. The van der Waals surface area contributed by atoms with Crippen LogP contribution in [0.1, 0.15) is 12.0 Å². The molecule has 0 aliphatic carbocycles. The van der Waals surface area contributed by atoms with Crippen LogP contribution in [0.3, 0.4) is 0 Å². The van der Waals surface area contributed by atoms with Crippen molar-refractivity contribution in [3.63, 3.8) is 0 Å². The summed E-state index contributed by atoms with van der Waals surface area (Å²) in [6.07, 6.45) is -0.114. The molecule has 1 heterocycles. The van der Waals surface area contributed by atoms with Crippen LogP contribution in [0.25, 0.3) is 11.1 Å². The number of nitrogens with zero attached hydrogens (tertiary/aromatic N) is 2. The Kier molecular flexibility index (Phi) is 5.77. The number of halogens is 1. The molecule has 1 aromatic heterocycles. The molecule has 0 radical (unpaired) electrons. The molecule has 0 unspecified atom stereocenters. The molecule has 0 aliphatic heterocycles. The minimum Gasteiger partial charge on any atom is -0.456 e. The number of aromatic nitrogens is 1. The lowest BCUT2D eigenvalue weighted by Crippen LogP contribution is -2.23. The zero-order valence-electron chi connectivity index (χ0n) is 14.5. The van der Waals surface area contributed by atoms with Crippen molar-refractivity contribution in [1.29, 1.82) is 5.26 Å². The SMILES string of the molecule is N#Cc1ccc(Cl)cc1NC(=O)COC(=O)CCn1c(=O)oc2ccccc21. The van der Waals surface area contributed by atoms with Gasteiger partial charge in [0.05, 0.1) is 23.2 Å². The van der Waals surface area contributed by atoms with E-state index in [-0.39, 0.29) is 24.2 Å². The van der Waals surface area contributed by atoms with Gasteiger partial charge in [0.1, 0.15) is 6.07 Å². The van der Waals surface area contributed by atoms with E-state index >= 15 is 0 Å². The van der Waals surface area contributed by atoms with Gasteiger partial charge in [-0.3, -0.25) is 14.2 Å². The average Bonchev–Trinajstić information content (AvgIpc) is 3.00. The molecule has 1 amide bonds. The van der Waals surface area contributed by atoms with E-state index in [4.69, 9.17) is 26.0 Å². The summed E-state index contributed by atoms with van der Waals surface area (Å²) in [6, 6.07) is 13.2. The first-order valence-corrected chi connectivity index (χ1v) is 8.59. The number of hydrogen-bond acceptors (Lipinski definition) is 6. The highest BCUT2D eigenvalue weighted by molar-refractivity contribution is 6.31. The summed E-state index contributed by atoms with van der Waals surface area (Å²) in [5.41, 5.74) is 1.46. The van der Waals surface area contributed by atoms with Crippen molar-refractivity contribution in [2.75, 3.05) is 11.9 Å². The third-order valence-electron chi connectivity index (χ3n) is 3.85. The number of benzene rings is 2. The van der Waals surface area contributed by atoms with Crippen molar-refractivity contribution < 1.29 is 18.7 Å². The minimum atomic E-state index is -0.654. The quantitative estimate of drug-likeness (QED) is 0.637. The van der Waals surface area contributed by atoms with Crippen LogP contribution in [0, 0.1) is 11.3 Å². The molecule has 0 aliphatic rings.